The van der Waals surface area contributed by atoms with Gasteiger partial charge in [-0.15, -0.1) is 11.3 Å². The Bertz CT molecular complexity index is 602. The summed E-state index contributed by atoms with van der Waals surface area (Å²) in [4.78, 5) is 12.3. The zero-order chi connectivity index (χ0) is 14.0. The van der Waals surface area contributed by atoms with Crippen LogP contribution >= 0.6 is 23.1 Å². The van der Waals surface area contributed by atoms with Gasteiger partial charge in [0.05, 0.1) is 14.6 Å². The molecule has 0 radical (unpaired) electrons. The van der Waals surface area contributed by atoms with Crippen LogP contribution in [0.3, 0.4) is 0 Å². The van der Waals surface area contributed by atoms with Crippen LogP contribution in [0.1, 0.15) is 22.2 Å². The number of rotatable bonds is 3. The zero-order valence-corrected chi connectivity index (χ0v) is 11.5. The van der Waals surface area contributed by atoms with Crippen LogP contribution in [0.4, 0.5) is 13.2 Å². The van der Waals surface area contributed by atoms with Gasteiger partial charge in [-0.25, -0.2) is 0 Å². The van der Waals surface area contributed by atoms with Gasteiger partial charge in [-0.2, -0.15) is 13.2 Å². The molecule has 0 bridgehead atoms. The van der Waals surface area contributed by atoms with Gasteiger partial charge >= 0.3 is 6.18 Å². The van der Waals surface area contributed by atoms with Gasteiger partial charge in [0.2, 0.25) is 0 Å². The molecule has 0 saturated heterocycles. The number of alkyl halides is 3. The first-order chi connectivity index (χ1) is 8.86. The summed E-state index contributed by atoms with van der Waals surface area (Å²) in [5, 5.41) is 0. The molecule has 0 aliphatic heterocycles. The highest BCUT2D eigenvalue weighted by Crippen LogP contribution is 2.36. The molecule has 1 aromatic carbocycles. The summed E-state index contributed by atoms with van der Waals surface area (Å²) in [6.07, 6.45) is -4.34. The van der Waals surface area contributed by atoms with Crippen LogP contribution in [-0.2, 0) is 6.18 Å². The molecule has 0 aliphatic carbocycles. The minimum absolute atomic E-state index is 0.0408. The number of carbonyl (C=O) groups is 1. The standard InChI is InChI=1S/C13H9F3OS2/c1-8(17)11-5-6-12(19-11)18-10-4-2-3-9(7-10)13(14,15)16/h2-7H,1H3. The fourth-order valence-corrected chi connectivity index (χ4v) is 3.47. The molecule has 0 amide bonds. The average Bonchev–Trinajstić information content (AvgIpc) is 2.77. The van der Waals surface area contributed by atoms with E-state index in [1.165, 1.54) is 36.1 Å². The van der Waals surface area contributed by atoms with Crippen LogP contribution in [0.15, 0.2) is 45.5 Å². The van der Waals surface area contributed by atoms with E-state index in [1.54, 1.807) is 18.2 Å². The summed E-state index contributed by atoms with van der Waals surface area (Å²) >= 11 is 2.50. The normalized spacial score (nSPS) is 11.6. The van der Waals surface area contributed by atoms with E-state index in [2.05, 4.69) is 0 Å². The Hall–Kier alpha value is -1.27. The Kier molecular flexibility index (Phi) is 4.01. The lowest BCUT2D eigenvalue weighted by Gasteiger charge is -2.07. The lowest BCUT2D eigenvalue weighted by Crippen LogP contribution is -2.04. The van der Waals surface area contributed by atoms with Crippen LogP contribution in [-0.4, -0.2) is 5.78 Å². The summed E-state index contributed by atoms with van der Waals surface area (Å²) in [6.45, 7) is 1.46. The summed E-state index contributed by atoms with van der Waals surface area (Å²) in [5.74, 6) is -0.0408. The first-order valence-electron chi connectivity index (χ1n) is 5.32. The summed E-state index contributed by atoms with van der Waals surface area (Å²) in [6, 6.07) is 8.57. The highest BCUT2D eigenvalue weighted by molar-refractivity contribution is 8.01. The minimum atomic E-state index is -4.34. The number of hydrogen-bond acceptors (Lipinski definition) is 3. The van der Waals surface area contributed by atoms with Crippen molar-refractivity contribution in [2.24, 2.45) is 0 Å². The number of ketones is 1. The zero-order valence-electron chi connectivity index (χ0n) is 9.82. The Morgan fingerprint density at radius 2 is 1.95 bits per heavy atom. The van der Waals surface area contributed by atoms with E-state index in [-0.39, 0.29) is 5.78 Å². The molecule has 1 heterocycles. The van der Waals surface area contributed by atoms with Crippen LogP contribution in [0.25, 0.3) is 0 Å². The molecule has 0 unspecified atom stereocenters. The molecule has 0 spiro atoms. The maximum absolute atomic E-state index is 12.6. The van der Waals surface area contributed by atoms with Crippen LogP contribution < -0.4 is 0 Å². The highest BCUT2D eigenvalue weighted by atomic mass is 32.2. The quantitative estimate of drug-likeness (QED) is 0.732. The summed E-state index contributed by atoms with van der Waals surface area (Å²) in [7, 11) is 0. The number of carbonyl (C=O) groups excluding carboxylic acids is 1. The maximum Gasteiger partial charge on any atom is 0.416 e. The minimum Gasteiger partial charge on any atom is -0.294 e. The lowest BCUT2D eigenvalue weighted by molar-refractivity contribution is -0.137. The van der Waals surface area contributed by atoms with Crippen molar-refractivity contribution in [1.82, 2.24) is 0 Å². The van der Waals surface area contributed by atoms with E-state index in [4.69, 9.17) is 0 Å². The average molecular weight is 302 g/mol. The predicted octanol–water partition coefficient (Wildman–Crippen LogP) is 5.12. The molecule has 2 rings (SSSR count). The topological polar surface area (TPSA) is 17.1 Å². The molecule has 0 saturated carbocycles. The van der Waals surface area contributed by atoms with E-state index in [1.807, 2.05) is 0 Å². The highest BCUT2D eigenvalue weighted by Gasteiger charge is 2.30. The van der Waals surface area contributed by atoms with Gasteiger partial charge in [0, 0.05) is 4.90 Å². The Labute approximate surface area is 116 Å². The van der Waals surface area contributed by atoms with Crippen LogP contribution in [0.5, 0.6) is 0 Å². The molecular weight excluding hydrogens is 293 g/mol. The molecule has 0 fully saturated rings. The van der Waals surface area contributed by atoms with Crippen LogP contribution in [0, 0.1) is 0 Å². The molecule has 19 heavy (non-hydrogen) atoms. The van der Waals surface area contributed by atoms with Gasteiger partial charge in [0.1, 0.15) is 0 Å². The van der Waals surface area contributed by atoms with E-state index in [9.17, 15) is 18.0 Å². The molecule has 0 atom stereocenters. The summed E-state index contributed by atoms with van der Waals surface area (Å²) < 4.78 is 38.5. The monoisotopic (exact) mass is 302 g/mol. The number of halogens is 3. The van der Waals surface area contributed by atoms with E-state index in [0.29, 0.717) is 9.77 Å². The molecule has 6 heteroatoms. The molecule has 0 aliphatic rings. The predicted molar refractivity (Wildman–Crippen MR) is 69.9 cm³/mol. The van der Waals surface area contributed by atoms with E-state index < -0.39 is 11.7 Å². The second kappa shape index (κ2) is 5.38. The molecular formula is C13H9F3OS2. The molecule has 0 N–H and O–H groups in total. The lowest BCUT2D eigenvalue weighted by atomic mass is 10.2. The van der Waals surface area contributed by atoms with Gasteiger partial charge in [0.25, 0.3) is 0 Å². The first kappa shape index (κ1) is 14.1. The fraction of sp³-hybridized carbons (Fsp3) is 0.154. The number of benzene rings is 1. The van der Waals surface area contributed by atoms with Gasteiger partial charge in [-0.1, -0.05) is 17.8 Å². The third-order valence-corrected chi connectivity index (χ3v) is 4.62. The van der Waals surface area contributed by atoms with Crippen molar-refractivity contribution in [3.05, 3.63) is 46.8 Å². The Balaban J connectivity index is 2.21. The number of thiophene rings is 1. The van der Waals surface area contributed by atoms with E-state index in [0.717, 1.165) is 16.3 Å². The van der Waals surface area contributed by atoms with E-state index >= 15 is 0 Å². The SMILES string of the molecule is CC(=O)c1ccc(Sc2cccc(C(F)(F)F)c2)s1. The molecule has 1 aromatic heterocycles. The fourth-order valence-electron chi connectivity index (χ4n) is 1.42. The van der Waals surface area contributed by atoms with Crippen molar-refractivity contribution in [3.8, 4) is 0 Å². The third kappa shape index (κ3) is 3.61. The molecule has 1 nitrogen and oxygen atoms in total. The van der Waals surface area contributed by atoms with Crippen molar-refractivity contribution >= 4 is 28.9 Å². The van der Waals surface area contributed by atoms with Crippen LogP contribution in [0.2, 0.25) is 0 Å². The van der Waals surface area contributed by atoms with Crippen molar-refractivity contribution in [2.45, 2.75) is 22.2 Å². The first-order valence-corrected chi connectivity index (χ1v) is 6.95. The van der Waals surface area contributed by atoms with Gasteiger partial charge in [0.15, 0.2) is 5.78 Å². The summed E-state index contributed by atoms with van der Waals surface area (Å²) in [5.41, 5.74) is -0.666. The maximum atomic E-state index is 12.6. The van der Waals surface area contributed by atoms with Gasteiger partial charge < -0.3 is 0 Å². The largest absolute Gasteiger partial charge is 0.416 e. The Morgan fingerprint density at radius 1 is 1.21 bits per heavy atom. The second-order valence-electron chi connectivity index (χ2n) is 3.80. The van der Waals surface area contributed by atoms with Crippen molar-refractivity contribution in [1.29, 1.82) is 0 Å². The molecule has 100 valence electrons. The number of Topliss-reactive ketones (excluding diaryl/α,β-unsaturated/α-hetero) is 1. The smallest absolute Gasteiger partial charge is 0.294 e. The Morgan fingerprint density at radius 3 is 2.53 bits per heavy atom. The van der Waals surface area contributed by atoms with Gasteiger partial charge in [-0.3, -0.25) is 4.79 Å². The van der Waals surface area contributed by atoms with Crippen molar-refractivity contribution in [2.75, 3.05) is 0 Å². The van der Waals surface area contributed by atoms with Gasteiger partial charge in [-0.05, 0) is 37.3 Å². The van der Waals surface area contributed by atoms with Crippen molar-refractivity contribution < 1.29 is 18.0 Å². The molecule has 2 aromatic rings. The van der Waals surface area contributed by atoms with Crippen molar-refractivity contribution in [3.63, 3.8) is 0 Å². The second-order valence-corrected chi connectivity index (χ2v) is 6.26. The number of hydrogen-bond donors (Lipinski definition) is 0. The third-order valence-electron chi connectivity index (χ3n) is 2.31.